The normalized spacial score (nSPS) is 38.7. The van der Waals surface area contributed by atoms with Gasteiger partial charge in [-0.1, -0.05) is 19.4 Å². The number of aliphatic hydroxyl groups excluding tert-OH is 2. The topological polar surface area (TPSA) is 95.9 Å². The summed E-state index contributed by atoms with van der Waals surface area (Å²) in [5.74, 6) is -0.0645. The monoisotopic (exact) mass is 217 g/mol. The molecular formula is C10H19NO4. The Kier molecular flexibility index (Phi) is 4.69. The highest BCUT2D eigenvalue weighted by Crippen LogP contribution is 2.37. The van der Waals surface area contributed by atoms with Crippen molar-refractivity contribution in [1.82, 2.24) is 0 Å². The molecule has 15 heavy (non-hydrogen) atoms. The highest BCUT2D eigenvalue weighted by atomic mass is 17.1. The third-order valence-corrected chi connectivity index (χ3v) is 3.03. The van der Waals surface area contributed by atoms with E-state index in [0.29, 0.717) is 6.42 Å². The molecule has 0 bridgehead atoms. The standard InChI is InChI=1S/C10H19NO4/c1-2-6-7(3-4-10(11)13)8(12)5-9(6)15-14/h3-4,6-10,12-14H,2,5,11H2,1H3/b4-3+/t6-,7-,8-,9+,10-/m1/s1. The molecule has 0 saturated heterocycles. The fraction of sp³-hybridized carbons (Fsp3) is 0.800. The lowest BCUT2D eigenvalue weighted by atomic mass is 9.91. The van der Waals surface area contributed by atoms with Gasteiger partial charge in [0.25, 0.3) is 0 Å². The van der Waals surface area contributed by atoms with Gasteiger partial charge in [-0.25, -0.2) is 4.89 Å². The van der Waals surface area contributed by atoms with Crippen LogP contribution in [0, 0.1) is 11.8 Å². The molecule has 5 N–H and O–H groups in total. The maximum absolute atomic E-state index is 9.74. The van der Waals surface area contributed by atoms with E-state index in [0.717, 1.165) is 6.42 Å². The minimum absolute atomic E-state index is 0.0556. The van der Waals surface area contributed by atoms with Crippen LogP contribution in [0.3, 0.4) is 0 Å². The Bertz CT molecular complexity index is 219. The van der Waals surface area contributed by atoms with Gasteiger partial charge in [-0.15, -0.1) is 0 Å². The van der Waals surface area contributed by atoms with Crippen molar-refractivity contribution in [2.75, 3.05) is 0 Å². The van der Waals surface area contributed by atoms with Gasteiger partial charge in [-0.2, -0.15) is 0 Å². The fourth-order valence-electron chi connectivity index (χ4n) is 2.27. The van der Waals surface area contributed by atoms with E-state index in [2.05, 4.69) is 4.89 Å². The SMILES string of the molecule is CC[C@@H]1[C@@H](/C=C/[C@H](N)O)[C@H](O)C[C@@H]1OO. The predicted octanol–water partition coefficient (Wildman–Crippen LogP) is 0.0849. The van der Waals surface area contributed by atoms with Gasteiger partial charge in [0.1, 0.15) is 6.23 Å². The molecule has 1 fully saturated rings. The molecule has 0 aromatic heterocycles. The summed E-state index contributed by atoms with van der Waals surface area (Å²) in [6, 6.07) is 0. The second kappa shape index (κ2) is 5.58. The minimum atomic E-state index is -1.01. The van der Waals surface area contributed by atoms with E-state index >= 15 is 0 Å². The van der Waals surface area contributed by atoms with Gasteiger partial charge in [-0.3, -0.25) is 5.26 Å². The van der Waals surface area contributed by atoms with Gasteiger partial charge in [0, 0.05) is 12.3 Å². The molecule has 5 nitrogen and oxygen atoms in total. The van der Waals surface area contributed by atoms with Gasteiger partial charge in [0.2, 0.25) is 0 Å². The molecule has 1 aliphatic carbocycles. The summed E-state index contributed by atoms with van der Waals surface area (Å²) in [5, 5.41) is 27.3. The van der Waals surface area contributed by atoms with Crippen molar-refractivity contribution >= 4 is 0 Å². The van der Waals surface area contributed by atoms with Crippen molar-refractivity contribution in [2.45, 2.75) is 38.2 Å². The number of hydrogen-bond donors (Lipinski definition) is 4. The first kappa shape index (κ1) is 12.6. The van der Waals surface area contributed by atoms with Crippen LogP contribution in [-0.4, -0.2) is 33.9 Å². The number of aliphatic hydroxyl groups is 2. The van der Waals surface area contributed by atoms with Crippen molar-refractivity contribution in [1.29, 1.82) is 0 Å². The lowest BCUT2D eigenvalue weighted by Crippen LogP contribution is -2.22. The van der Waals surface area contributed by atoms with E-state index in [1.165, 1.54) is 6.08 Å². The number of hydrogen-bond acceptors (Lipinski definition) is 5. The zero-order chi connectivity index (χ0) is 11.4. The summed E-state index contributed by atoms with van der Waals surface area (Å²) in [5.41, 5.74) is 5.18. The third-order valence-electron chi connectivity index (χ3n) is 3.03. The summed E-state index contributed by atoms with van der Waals surface area (Å²) in [6.07, 6.45) is 2.43. The smallest absolute Gasteiger partial charge is 0.121 e. The lowest BCUT2D eigenvalue weighted by Gasteiger charge is -2.19. The molecule has 0 aromatic carbocycles. The van der Waals surface area contributed by atoms with Crippen LogP contribution in [0.25, 0.3) is 0 Å². The predicted molar refractivity (Wildman–Crippen MR) is 54.7 cm³/mol. The average Bonchev–Trinajstić information content (AvgIpc) is 2.51. The fourth-order valence-corrected chi connectivity index (χ4v) is 2.27. The quantitative estimate of drug-likeness (QED) is 0.231. The maximum atomic E-state index is 9.74. The first-order valence-corrected chi connectivity index (χ1v) is 5.20. The zero-order valence-corrected chi connectivity index (χ0v) is 8.78. The molecule has 88 valence electrons. The summed E-state index contributed by atoms with van der Waals surface area (Å²) in [7, 11) is 0. The van der Waals surface area contributed by atoms with Gasteiger partial charge >= 0.3 is 0 Å². The van der Waals surface area contributed by atoms with Gasteiger partial charge in [0.15, 0.2) is 0 Å². The van der Waals surface area contributed by atoms with E-state index in [9.17, 15) is 5.11 Å². The molecule has 0 aliphatic heterocycles. The summed E-state index contributed by atoms with van der Waals surface area (Å²) >= 11 is 0. The first-order valence-electron chi connectivity index (χ1n) is 5.20. The molecule has 5 heteroatoms. The molecule has 5 atom stereocenters. The molecule has 0 radical (unpaired) electrons. The molecular weight excluding hydrogens is 198 g/mol. The molecule has 0 aromatic rings. The van der Waals surface area contributed by atoms with Gasteiger partial charge < -0.3 is 15.9 Å². The maximum Gasteiger partial charge on any atom is 0.121 e. The second-order valence-electron chi connectivity index (χ2n) is 3.97. The Balaban J connectivity index is 2.68. The molecule has 1 aliphatic rings. The minimum Gasteiger partial charge on any atom is -0.392 e. The molecule has 0 heterocycles. The highest BCUT2D eigenvalue weighted by Gasteiger charge is 2.41. The van der Waals surface area contributed by atoms with Crippen LogP contribution >= 0.6 is 0 Å². The van der Waals surface area contributed by atoms with Crippen LogP contribution in [0.5, 0.6) is 0 Å². The average molecular weight is 217 g/mol. The van der Waals surface area contributed by atoms with E-state index in [4.69, 9.17) is 16.1 Å². The van der Waals surface area contributed by atoms with Crippen LogP contribution in [0.15, 0.2) is 12.2 Å². The van der Waals surface area contributed by atoms with Crippen molar-refractivity contribution in [3.05, 3.63) is 12.2 Å². The van der Waals surface area contributed by atoms with Gasteiger partial charge in [-0.05, 0) is 12.0 Å². The molecule has 0 spiro atoms. The lowest BCUT2D eigenvalue weighted by molar-refractivity contribution is -0.287. The van der Waals surface area contributed by atoms with E-state index < -0.39 is 12.3 Å². The van der Waals surface area contributed by atoms with E-state index in [-0.39, 0.29) is 17.9 Å². The summed E-state index contributed by atoms with van der Waals surface area (Å²) in [4.78, 5) is 4.33. The van der Waals surface area contributed by atoms with Crippen LogP contribution in [-0.2, 0) is 4.89 Å². The van der Waals surface area contributed by atoms with Crippen LogP contribution in [0.2, 0.25) is 0 Å². The van der Waals surface area contributed by atoms with E-state index in [1.54, 1.807) is 6.08 Å². The Labute approximate surface area is 89.1 Å². The number of rotatable bonds is 4. The van der Waals surface area contributed by atoms with Crippen LogP contribution in [0.4, 0.5) is 0 Å². The van der Waals surface area contributed by atoms with Crippen molar-refractivity contribution < 1.29 is 20.4 Å². The Morgan fingerprint density at radius 2 is 2.27 bits per heavy atom. The zero-order valence-electron chi connectivity index (χ0n) is 8.78. The van der Waals surface area contributed by atoms with Crippen LogP contribution in [0.1, 0.15) is 19.8 Å². The van der Waals surface area contributed by atoms with Crippen LogP contribution < -0.4 is 5.73 Å². The molecule has 0 amide bonds. The third kappa shape index (κ3) is 2.99. The van der Waals surface area contributed by atoms with Crippen molar-refractivity contribution in [2.24, 2.45) is 17.6 Å². The Morgan fingerprint density at radius 3 is 2.73 bits per heavy atom. The Morgan fingerprint density at radius 1 is 1.60 bits per heavy atom. The summed E-state index contributed by atoms with van der Waals surface area (Å²) < 4.78 is 0. The van der Waals surface area contributed by atoms with Gasteiger partial charge in [0.05, 0.1) is 12.2 Å². The molecule has 0 unspecified atom stereocenters. The van der Waals surface area contributed by atoms with E-state index in [1.807, 2.05) is 6.92 Å². The Hall–Kier alpha value is -0.460. The molecule has 1 rings (SSSR count). The van der Waals surface area contributed by atoms with Crippen molar-refractivity contribution in [3.63, 3.8) is 0 Å². The summed E-state index contributed by atoms with van der Waals surface area (Å²) in [6.45, 7) is 1.97. The largest absolute Gasteiger partial charge is 0.392 e. The number of nitrogens with two attached hydrogens (primary N) is 1. The second-order valence-corrected chi connectivity index (χ2v) is 3.97. The van der Waals surface area contributed by atoms with Crippen molar-refractivity contribution in [3.8, 4) is 0 Å². The first-order chi connectivity index (χ1) is 7.10. The molecule has 1 saturated carbocycles. The highest BCUT2D eigenvalue weighted by molar-refractivity contribution is 5.03.